The Hall–Kier alpha value is -1.93. The van der Waals surface area contributed by atoms with Crippen LogP contribution in [-0.2, 0) is 12.8 Å². The van der Waals surface area contributed by atoms with Crippen LogP contribution in [0.25, 0.3) is 0 Å². The Morgan fingerprint density at radius 1 is 0.850 bits per heavy atom. The first-order valence-electron chi connectivity index (χ1n) is 7.17. The van der Waals surface area contributed by atoms with E-state index in [4.69, 9.17) is 5.73 Å². The maximum Gasteiger partial charge on any atom is 0.193 e. The quantitative estimate of drug-likeness (QED) is 0.815. The zero-order valence-electron chi connectivity index (χ0n) is 11.9. The first kappa shape index (κ1) is 14.5. The Balaban J connectivity index is 2.13. The molecule has 0 aliphatic carbocycles. The van der Waals surface area contributed by atoms with Gasteiger partial charge in [0.2, 0.25) is 0 Å². The minimum atomic E-state index is 0.0762. The molecule has 0 spiro atoms. The van der Waals surface area contributed by atoms with Crippen molar-refractivity contribution in [1.29, 1.82) is 0 Å². The van der Waals surface area contributed by atoms with Crippen LogP contribution in [0.2, 0.25) is 0 Å². The van der Waals surface area contributed by atoms with Gasteiger partial charge < -0.3 is 5.73 Å². The summed E-state index contributed by atoms with van der Waals surface area (Å²) in [4.78, 5) is 12.4. The number of aryl methyl sites for hydroxylation is 1. The molecule has 0 atom stereocenters. The molecule has 0 aliphatic heterocycles. The molecule has 0 bridgehead atoms. The summed E-state index contributed by atoms with van der Waals surface area (Å²) in [5.74, 6) is 0.0762. The molecule has 2 aromatic carbocycles. The van der Waals surface area contributed by atoms with Gasteiger partial charge >= 0.3 is 0 Å². The topological polar surface area (TPSA) is 43.1 Å². The van der Waals surface area contributed by atoms with Crippen molar-refractivity contribution in [3.8, 4) is 0 Å². The minimum Gasteiger partial charge on any atom is -0.330 e. The van der Waals surface area contributed by atoms with E-state index in [0.717, 1.165) is 30.4 Å². The Bertz CT molecular complexity index is 503. The van der Waals surface area contributed by atoms with E-state index in [9.17, 15) is 4.79 Å². The third-order valence-electron chi connectivity index (χ3n) is 3.40. The predicted octanol–water partition coefficient (Wildman–Crippen LogP) is 3.37. The summed E-state index contributed by atoms with van der Waals surface area (Å²) in [6.07, 6.45) is 3.03. The number of ketones is 1. The van der Waals surface area contributed by atoms with Gasteiger partial charge in [0.1, 0.15) is 0 Å². The van der Waals surface area contributed by atoms with E-state index in [1.54, 1.807) is 0 Å². The van der Waals surface area contributed by atoms with Gasteiger partial charge in [0.25, 0.3) is 0 Å². The maximum atomic E-state index is 12.4. The molecule has 0 unspecified atom stereocenters. The Kier molecular flexibility index (Phi) is 5.08. The molecular formula is C18H21NO. The number of hydrogen-bond acceptors (Lipinski definition) is 2. The van der Waals surface area contributed by atoms with Crippen LogP contribution < -0.4 is 5.73 Å². The smallest absolute Gasteiger partial charge is 0.193 e. The molecule has 0 amide bonds. The molecule has 2 aromatic rings. The average Bonchev–Trinajstić information content (AvgIpc) is 2.49. The zero-order chi connectivity index (χ0) is 14.4. The lowest BCUT2D eigenvalue weighted by molar-refractivity contribution is 0.103. The van der Waals surface area contributed by atoms with Crippen LogP contribution in [-0.4, -0.2) is 12.3 Å². The third-order valence-corrected chi connectivity index (χ3v) is 3.40. The largest absolute Gasteiger partial charge is 0.330 e. The monoisotopic (exact) mass is 267 g/mol. The zero-order valence-corrected chi connectivity index (χ0v) is 11.9. The summed E-state index contributed by atoms with van der Waals surface area (Å²) in [6.45, 7) is 2.79. The van der Waals surface area contributed by atoms with Crippen molar-refractivity contribution in [3.05, 3.63) is 70.8 Å². The van der Waals surface area contributed by atoms with Gasteiger partial charge in [-0.05, 0) is 30.5 Å². The molecule has 20 heavy (non-hydrogen) atoms. The van der Waals surface area contributed by atoms with Crippen LogP contribution in [0.3, 0.4) is 0 Å². The first-order chi connectivity index (χ1) is 9.74. The van der Waals surface area contributed by atoms with E-state index in [-0.39, 0.29) is 5.78 Å². The van der Waals surface area contributed by atoms with E-state index in [0.29, 0.717) is 6.54 Å². The van der Waals surface area contributed by atoms with Crippen LogP contribution in [0.4, 0.5) is 0 Å². The van der Waals surface area contributed by atoms with Crippen molar-refractivity contribution >= 4 is 5.78 Å². The lowest BCUT2D eigenvalue weighted by Gasteiger charge is -2.04. The molecular weight excluding hydrogens is 246 g/mol. The fourth-order valence-corrected chi connectivity index (χ4v) is 2.27. The van der Waals surface area contributed by atoms with Crippen molar-refractivity contribution in [2.24, 2.45) is 5.73 Å². The maximum absolute atomic E-state index is 12.4. The van der Waals surface area contributed by atoms with Crippen molar-refractivity contribution in [3.63, 3.8) is 0 Å². The summed E-state index contributed by atoms with van der Waals surface area (Å²) in [7, 11) is 0. The molecule has 0 aliphatic rings. The van der Waals surface area contributed by atoms with E-state index in [1.807, 2.05) is 48.5 Å². The normalized spacial score (nSPS) is 10.5. The summed E-state index contributed by atoms with van der Waals surface area (Å²) in [5, 5.41) is 0. The lowest BCUT2D eigenvalue weighted by Crippen LogP contribution is -2.04. The highest BCUT2D eigenvalue weighted by Crippen LogP contribution is 2.13. The van der Waals surface area contributed by atoms with E-state index < -0.39 is 0 Å². The number of nitrogens with two attached hydrogens (primary N) is 1. The molecule has 2 nitrogen and oxygen atoms in total. The molecule has 0 saturated carbocycles. The van der Waals surface area contributed by atoms with E-state index >= 15 is 0 Å². The van der Waals surface area contributed by atoms with Crippen LogP contribution in [0, 0.1) is 0 Å². The van der Waals surface area contributed by atoms with Crippen molar-refractivity contribution in [2.45, 2.75) is 26.2 Å². The summed E-state index contributed by atoms with van der Waals surface area (Å²) >= 11 is 0. The van der Waals surface area contributed by atoms with Crippen LogP contribution >= 0.6 is 0 Å². The van der Waals surface area contributed by atoms with Gasteiger partial charge in [0.15, 0.2) is 5.78 Å². The second-order valence-corrected chi connectivity index (χ2v) is 5.01. The Morgan fingerprint density at radius 3 is 1.70 bits per heavy atom. The lowest BCUT2D eigenvalue weighted by atomic mass is 9.99. The molecule has 2 rings (SSSR count). The number of benzene rings is 2. The van der Waals surface area contributed by atoms with Crippen LogP contribution in [0.1, 0.15) is 40.4 Å². The summed E-state index contributed by atoms with van der Waals surface area (Å²) < 4.78 is 0. The molecule has 0 saturated heterocycles. The second kappa shape index (κ2) is 7.01. The minimum absolute atomic E-state index is 0.0762. The van der Waals surface area contributed by atoms with Crippen molar-refractivity contribution in [1.82, 2.24) is 0 Å². The molecule has 0 fully saturated rings. The molecule has 0 radical (unpaired) electrons. The number of rotatable bonds is 6. The van der Waals surface area contributed by atoms with Gasteiger partial charge in [-0.1, -0.05) is 61.9 Å². The van der Waals surface area contributed by atoms with Gasteiger partial charge in [0.05, 0.1) is 0 Å². The second-order valence-electron chi connectivity index (χ2n) is 5.01. The Labute approximate surface area is 120 Å². The van der Waals surface area contributed by atoms with Gasteiger partial charge in [-0.3, -0.25) is 4.79 Å². The van der Waals surface area contributed by atoms with Gasteiger partial charge in [0, 0.05) is 11.1 Å². The highest BCUT2D eigenvalue weighted by molar-refractivity contribution is 6.08. The Morgan fingerprint density at radius 2 is 1.30 bits per heavy atom. The molecule has 2 heteroatoms. The van der Waals surface area contributed by atoms with E-state index in [2.05, 4.69) is 6.92 Å². The highest BCUT2D eigenvalue weighted by atomic mass is 16.1. The number of carbonyl (C=O) groups is 1. The molecule has 2 N–H and O–H groups in total. The van der Waals surface area contributed by atoms with Gasteiger partial charge in [-0.15, -0.1) is 0 Å². The molecule has 104 valence electrons. The van der Waals surface area contributed by atoms with Crippen LogP contribution in [0.15, 0.2) is 48.5 Å². The van der Waals surface area contributed by atoms with Crippen molar-refractivity contribution in [2.75, 3.05) is 6.54 Å². The SMILES string of the molecule is CCCc1ccc(C(=O)c2ccc(CCN)cc2)cc1. The van der Waals surface area contributed by atoms with Crippen LogP contribution in [0.5, 0.6) is 0 Å². The third kappa shape index (κ3) is 3.55. The summed E-state index contributed by atoms with van der Waals surface area (Å²) in [6, 6.07) is 15.6. The van der Waals surface area contributed by atoms with Crippen molar-refractivity contribution < 1.29 is 4.79 Å². The molecule has 0 aromatic heterocycles. The fraction of sp³-hybridized carbons (Fsp3) is 0.278. The average molecular weight is 267 g/mol. The van der Waals surface area contributed by atoms with Gasteiger partial charge in [-0.2, -0.15) is 0 Å². The number of hydrogen-bond donors (Lipinski definition) is 1. The summed E-state index contributed by atoms with van der Waals surface area (Å²) in [5.41, 5.74) is 9.45. The number of carbonyl (C=O) groups excluding carboxylic acids is 1. The fourth-order valence-electron chi connectivity index (χ4n) is 2.27. The van der Waals surface area contributed by atoms with E-state index in [1.165, 1.54) is 11.1 Å². The van der Waals surface area contributed by atoms with Gasteiger partial charge in [-0.25, -0.2) is 0 Å². The standard InChI is InChI=1S/C18H21NO/c1-2-3-14-4-8-16(9-5-14)18(20)17-10-6-15(7-11-17)12-13-19/h4-11H,2-3,12-13,19H2,1H3. The highest BCUT2D eigenvalue weighted by Gasteiger charge is 2.08. The predicted molar refractivity (Wildman–Crippen MR) is 83.1 cm³/mol. The first-order valence-corrected chi connectivity index (χ1v) is 7.17. The molecule has 0 heterocycles.